The summed E-state index contributed by atoms with van der Waals surface area (Å²) in [5, 5.41) is 25.5. The molecule has 6 nitrogen and oxygen atoms in total. The van der Waals surface area contributed by atoms with Crippen LogP contribution in [0.2, 0.25) is 0 Å². The zero-order chi connectivity index (χ0) is 9.84. The smallest absolute Gasteiger partial charge is 0.323 e. The summed E-state index contributed by atoms with van der Waals surface area (Å²) >= 11 is 0. The van der Waals surface area contributed by atoms with Gasteiger partial charge in [0.25, 0.3) is 0 Å². The maximum atomic E-state index is 10.3. The van der Waals surface area contributed by atoms with Crippen molar-refractivity contribution in [2.45, 2.75) is 6.54 Å². The van der Waals surface area contributed by atoms with Crippen LogP contribution in [0.4, 0.5) is 0 Å². The van der Waals surface area contributed by atoms with Crippen molar-refractivity contribution in [3.05, 3.63) is 17.7 Å². The molecule has 13 heavy (non-hydrogen) atoms. The van der Waals surface area contributed by atoms with E-state index in [2.05, 4.69) is 4.98 Å². The van der Waals surface area contributed by atoms with Crippen molar-refractivity contribution < 1.29 is 9.90 Å². The predicted molar refractivity (Wildman–Crippen MR) is 39.3 cm³/mol. The Balaban J connectivity index is 3.12. The minimum Gasteiger partial charge on any atom is -0.480 e. The standard InChI is InChI=1S/C7H4N4O2/c8-1-5-6(2-9)11(4-10-5)3-7(12)13/h4H,3H2,(H,12,13). The van der Waals surface area contributed by atoms with E-state index in [0.717, 1.165) is 10.9 Å². The SMILES string of the molecule is N#Cc1ncn(CC(=O)O)c1C#N. The third kappa shape index (κ3) is 1.63. The second-order valence-electron chi connectivity index (χ2n) is 2.19. The number of nitriles is 2. The maximum Gasteiger partial charge on any atom is 0.323 e. The molecule has 0 aliphatic carbocycles. The molecule has 1 heterocycles. The summed E-state index contributed by atoms with van der Waals surface area (Å²) in [5.41, 5.74) is -0.0753. The molecule has 0 unspecified atom stereocenters. The van der Waals surface area contributed by atoms with Gasteiger partial charge in [0.05, 0.1) is 6.33 Å². The van der Waals surface area contributed by atoms with Crippen LogP contribution in [-0.2, 0) is 11.3 Å². The number of nitrogens with zero attached hydrogens (tertiary/aromatic N) is 4. The summed E-state index contributed by atoms with van der Waals surface area (Å²) in [5.74, 6) is -1.08. The molecule has 0 saturated heterocycles. The molecule has 0 aliphatic rings. The van der Waals surface area contributed by atoms with Crippen molar-refractivity contribution in [1.29, 1.82) is 10.5 Å². The van der Waals surface area contributed by atoms with E-state index in [1.807, 2.05) is 0 Å². The Kier molecular flexibility index (Phi) is 2.27. The highest BCUT2D eigenvalue weighted by molar-refractivity contribution is 5.67. The summed E-state index contributed by atoms with van der Waals surface area (Å²) in [6, 6.07) is 3.41. The lowest BCUT2D eigenvalue weighted by atomic mass is 10.3. The lowest BCUT2D eigenvalue weighted by Gasteiger charge is -1.96. The summed E-state index contributed by atoms with van der Waals surface area (Å²) in [7, 11) is 0. The highest BCUT2D eigenvalue weighted by atomic mass is 16.4. The van der Waals surface area contributed by atoms with E-state index in [1.165, 1.54) is 0 Å². The number of carboxylic acids is 1. The number of aliphatic carboxylic acids is 1. The van der Waals surface area contributed by atoms with Gasteiger partial charge in [-0.1, -0.05) is 0 Å². The van der Waals surface area contributed by atoms with Gasteiger partial charge in [0, 0.05) is 0 Å². The molecule has 1 aromatic heterocycles. The predicted octanol–water partition coefficient (Wildman–Crippen LogP) is -0.289. The highest BCUT2D eigenvalue weighted by Gasteiger charge is 2.11. The van der Waals surface area contributed by atoms with E-state index in [0.29, 0.717) is 0 Å². The molecule has 0 spiro atoms. The molecule has 6 heteroatoms. The Hall–Kier alpha value is -2.34. The first kappa shape index (κ1) is 8.75. The molecule has 0 atom stereocenters. The van der Waals surface area contributed by atoms with Gasteiger partial charge in [-0.25, -0.2) is 4.98 Å². The largest absolute Gasteiger partial charge is 0.480 e. The monoisotopic (exact) mass is 176 g/mol. The zero-order valence-electron chi connectivity index (χ0n) is 6.43. The van der Waals surface area contributed by atoms with Crippen molar-refractivity contribution >= 4 is 5.97 Å². The van der Waals surface area contributed by atoms with Gasteiger partial charge in [-0.2, -0.15) is 10.5 Å². The average Bonchev–Trinajstić information content (AvgIpc) is 2.45. The lowest BCUT2D eigenvalue weighted by Crippen LogP contribution is -2.09. The molecule has 0 aliphatic heterocycles. The third-order valence-electron chi connectivity index (χ3n) is 1.36. The van der Waals surface area contributed by atoms with Crippen LogP contribution in [0.15, 0.2) is 6.33 Å². The molecule has 0 amide bonds. The van der Waals surface area contributed by atoms with Crippen molar-refractivity contribution in [2.75, 3.05) is 0 Å². The highest BCUT2D eigenvalue weighted by Crippen LogP contribution is 2.04. The van der Waals surface area contributed by atoms with E-state index in [1.54, 1.807) is 12.1 Å². The minimum absolute atomic E-state index is 0.0232. The average molecular weight is 176 g/mol. The van der Waals surface area contributed by atoms with Gasteiger partial charge in [-0.15, -0.1) is 0 Å². The second kappa shape index (κ2) is 3.37. The van der Waals surface area contributed by atoms with Crippen LogP contribution in [0.3, 0.4) is 0 Å². The Morgan fingerprint density at radius 1 is 1.62 bits per heavy atom. The van der Waals surface area contributed by atoms with E-state index < -0.39 is 5.97 Å². The summed E-state index contributed by atoms with van der Waals surface area (Å²) in [6.45, 7) is -0.364. The molecule has 0 saturated carbocycles. The van der Waals surface area contributed by atoms with E-state index in [4.69, 9.17) is 15.6 Å². The first-order valence-electron chi connectivity index (χ1n) is 3.26. The molecule has 1 rings (SSSR count). The Labute approximate surface area is 73.3 Å². The fourth-order valence-corrected chi connectivity index (χ4v) is 0.847. The van der Waals surface area contributed by atoms with Crippen molar-refractivity contribution in [3.8, 4) is 12.1 Å². The Bertz CT molecular complexity index is 421. The number of imidazole rings is 1. The van der Waals surface area contributed by atoms with Gasteiger partial charge in [0.2, 0.25) is 0 Å². The molecule has 1 aromatic rings. The quantitative estimate of drug-likeness (QED) is 0.666. The summed E-state index contributed by atoms with van der Waals surface area (Å²) in [6.07, 6.45) is 1.16. The van der Waals surface area contributed by atoms with Gasteiger partial charge < -0.3 is 9.67 Å². The molecule has 1 N–H and O–H groups in total. The van der Waals surface area contributed by atoms with Gasteiger partial charge in [0.1, 0.15) is 18.7 Å². The Morgan fingerprint density at radius 2 is 2.31 bits per heavy atom. The van der Waals surface area contributed by atoms with Crippen LogP contribution >= 0.6 is 0 Å². The first-order chi connectivity index (χ1) is 6.19. The fraction of sp³-hybridized carbons (Fsp3) is 0.143. The Morgan fingerprint density at radius 3 is 2.77 bits per heavy atom. The number of aromatic nitrogens is 2. The molecule has 0 fully saturated rings. The summed E-state index contributed by atoms with van der Waals surface area (Å²) < 4.78 is 1.11. The first-order valence-corrected chi connectivity index (χ1v) is 3.26. The van der Waals surface area contributed by atoms with E-state index >= 15 is 0 Å². The van der Waals surface area contributed by atoms with Crippen LogP contribution in [0.25, 0.3) is 0 Å². The van der Waals surface area contributed by atoms with Crippen LogP contribution in [0.1, 0.15) is 11.4 Å². The topological polar surface area (TPSA) is 103 Å². The van der Waals surface area contributed by atoms with Crippen LogP contribution < -0.4 is 0 Å². The molecule has 64 valence electrons. The van der Waals surface area contributed by atoms with E-state index in [9.17, 15) is 4.79 Å². The molecule has 0 aromatic carbocycles. The van der Waals surface area contributed by atoms with E-state index in [-0.39, 0.29) is 17.9 Å². The normalized spacial score (nSPS) is 8.77. The van der Waals surface area contributed by atoms with Gasteiger partial charge in [-0.3, -0.25) is 4.79 Å². The van der Waals surface area contributed by atoms with Crippen molar-refractivity contribution in [2.24, 2.45) is 0 Å². The van der Waals surface area contributed by atoms with Gasteiger partial charge in [-0.05, 0) is 0 Å². The van der Waals surface area contributed by atoms with Crippen molar-refractivity contribution in [3.63, 3.8) is 0 Å². The number of hydrogen-bond acceptors (Lipinski definition) is 4. The second-order valence-corrected chi connectivity index (χ2v) is 2.19. The molecular weight excluding hydrogens is 172 g/mol. The number of carbonyl (C=O) groups is 1. The maximum absolute atomic E-state index is 10.3. The molecule has 0 radical (unpaired) electrons. The number of rotatable bonds is 2. The number of hydrogen-bond donors (Lipinski definition) is 1. The number of carboxylic acid groups (broad SMARTS) is 1. The van der Waals surface area contributed by atoms with Crippen LogP contribution in [0, 0.1) is 22.7 Å². The van der Waals surface area contributed by atoms with Crippen LogP contribution in [-0.4, -0.2) is 20.6 Å². The van der Waals surface area contributed by atoms with Crippen molar-refractivity contribution in [1.82, 2.24) is 9.55 Å². The molecular formula is C7H4N4O2. The summed E-state index contributed by atoms with van der Waals surface area (Å²) in [4.78, 5) is 13.9. The zero-order valence-corrected chi connectivity index (χ0v) is 6.43. The van der Waals surface area contributed by atoms with Crippen LogP contribution in [0.5, 0.6) is 0 Å². The lowest BCUT2D eigenvalue weighted by molar-refractivity contribution is -0.137. The van der Waals surface area contributed by atoms with Gasteiger partial charge in [0.15, 0.2) is 11.4 Å². The fourth-order valence-electron chi connectivity index (χ4n) is 0.847. The van der Waals surface area contributed by atoms with Gasteiger partial charge >= 0.3 is 5.97 Å². The third-order valence-corrected chi connectivity index (χ3v) is 1.36. The molecule has 0 bridgehead atoms. The minimum atomic E-state index is -1.08.